The van der Waals surface area contributed by atoms with Gasteiger partial charge >= 0.3 is 0 Å². The highest BCUT2D eigenvalue weighted by atomic mass is 35.5. The minimum absolute atomic E-state index is 0.194. The van der Waals surface area contributed by atoms with E-state index in [0.29, 0.717) is 11.3 Å². The number of rotatable bonds is 2. The van der Waals surface area contributed by atoms with E-state index in [0.717, 1.165) is 19.3 Å². The Morgan fingerprint density at radius 3 is 2.70 bits per heavy atom. The van der Waals surface area contributed by atoms with Crippen LogP contribution in [0.2, 0.25) is 5.02 Å². The van der Waals surface area contributed by atoms with Crippen LogP contribution >= 0.6 is 11.6 Å². The molecule has 1 aliphatic rings. The van der Waals surface area contributed by atoms with Gasteiger partial charge in [0.2, 0.25) is 0 Å². The van der Waals surface area contributed by atoms with Crippen molar-refractivity contribution in [1.29, 1.82) is 0 Å². The minimum atomic E-state index is -0.425. The van der Waals surface area contributed by atoms with Crippen molar-refractivity contribution >= 4 is 23.2 Å². The summed E-state index contributed by atoms with van der Waals surface area (Å²) in [7, 11) is 0. The summed E-state index contributed by atoms with van der Waals surface area (Å²) < 4.78 is 13.0. The maximum atomic E-state index is 13.0. The maximum absolute atomic E-state index is 13.0. The van der Waals surface area contributed by atoms with Crippen LogP contribution in [-0.2, 0) is 12.8 Å². The highest BCUT2D eigenvalue weighted by molar-refractivity contribution is 6.33. The van der Waals surface area contributed by atoms with Crippen molar-refractivity contribution in [2.24, 2.45) is 0 Å². The number of benzene rings is 2. The molecule has 1 aliphatic carbocycles. The van der Waals surface area contributed by atoms with Crippen LogP contribution in [0.15, 0.2) is 36.4 Å². The van der Waals surface area contributed by atoms with E-state index in [2.05, 4.69) is 5.32 Å². The van der Waals surface area contributed by atoms with E-state index in [1.165, 1.54) is 29.3 Å². The highest BCUT2D eigenvalue weighted by Crippen LogP contribution is 2.25. The van der Waals surface area contributed by atoms with Gasteiger partial charge in [0.1, 0.15) is 5.82 Å². The lowest BCUT2D eigenvalue weighted by Gasteiger charge is -2.08. The molecule has 0 aromatic heterocycles. The van der Waals surface area contributed by atoms with Gasteiger partial charge in [-0.15, -0.1) is 0 Å². The minimum Gasteiger partial charge on any atom is -0.321 e. The first kappa shape index (κ1) is 13.1. The summed E-state index contributed by atoms with van der Waals surface area (Å²) in [6.07, 6.45) is 3.25. The Kier molecular flexibility index (Phi) is 3.45. The zero-order valence-corrected chi connectivity index (χ0v) is 11.5. The molecule has 20 heavy (non-hydrogen) atoms. The molecule has 4 heteroatoms. The lowest BCUT2D eigenvalue weighted by molar-refractivity contribution is 0.102. The normalized spacial score (nSPS) is 13.1. The molecule has 2 aromatic carbocycles. The SMILES string of the molecule is O=C(Nc1ccc(F)cc1Cl)c1ccc2c(c1)CCC2. The van der Waals surface area contributed by atoms with Gasteiger partial charge in [0, 0.05) is 5.56 Å². The third kappa shape index (κ3) is 2.54. The molecule has 0 unspecified atom stereocenters. The van der Waals surface area contributed by atoms with Crippen LogP contribution in [0.4, 0.5) is 10.1 Å². The zero-order chi connectivity index (χ0) is 14.1. The number of amides is 1. The predicted molar refractivity (Wildman–Crippen MR) is 77.8 cm³/mol. The zero-order valence-electron chi connectivity index (χ0n) is 10.7. The topological polar surface area (TPSA) is 29.1 Å². The van der Waals surface area contributed by atoms with Crippen molar-refractivity contribution in [1.82, 2.24) is 0 Å². The van der Waals surface area contributed by atoms with E-state index in [-0.39, 0.29) is 10.9 Å². The molecule has 102 valence electrons. The number of halogens is 2. The Hall–Kier alpha value is -1.87. The largest absolute Gasteiger partial charge is 0.321 e. The number of fused-ring (bicyclic) bond motifs is 1. The monoisotopic (exact) mass is 289 g/mol. The van der Waals surface area contributed by atoms with Crippen LogP contribution in [0.5, 0.6) is 0 Å². The molecule has 0 aliphatic heterocycles. The Balaban J connectivity index is 1.82. The van der Waals surface area contributed by atoms with Crippen molar-refractivity contribution in [2.45, 2.75) is 19.3 Å². The van der Waals surface area contributed by atoms with E-state index in [4.69, 9.17) is 11.6 Å². The summed E-state index contributed by atoms with van der Waals surface area (Å²) in [5.41, 5.74) is 3.58. The highest BCUT2D eigenvalue weighted by Gasteiger charge is 2.14. The average molecular weight is 290 g/mol. The molecule has 2 aromatic rings. The number of carbonyl (C=O) groups excluding carboxylic acids is 1. The Bertz CT molecular complexity index is 684. The Labute approximate surface area is 121 Å². The molecule has 3 rings (SSSR count). The Morgan fingerprint density at radius 2 is 1.90 bits per heavy atom. The van der Waals surface area contributed by atoms with E-state index in [9.17, 15) is 9.18 Å². The van der Waals surface area contributed by atoms with Crippen molar-refractivity contribution in [3.8, 4) is 0 Å². The maximum Gasteiger partial charge on any atom is 0.255 e. The quantitative estimate of drug-likeness (QED) is 0.881. The molecule has 1 N–H and O–H groups in total. The van der Waals surface area contributed by atoms with Gasteiger partial charge in [0.05, 0.1) is 10.7 Å². The van der Waals surface area contributed by atoms with Crippen molar-refractivity contribution < 1.29 is 9.18 Å². The first-order valence-electron chi connectivity index (χ1n) is 6.52. The fourth-order valence-electron chi connectivity index (χ4n) is 2.50. The number of aryl methyl sites for hydroxylation is 2. The van der Waals surface area contributed by atoms with Gasteiger partial charge in [0.25, 0.3) is 5.91 Å². The van der Waals surface area contributed by atoms with Crippen molar-refractivity contribution in [2.75, 3.05) is 5.32 Å². The van der Waals surface area contributed by atoms with Gasteiger partial charge < -0.3 is 5.32 Å². The number of nitrogens with one attached hydrogen (secondary N) is 1. The summed E-state index contributed by atoms with van der Waals surface area (Å²) in [5, 5.41) is 2.90. The molecule has 0 atom stereocenters. The molecular weight excluding hydrogens is 277 g/mol. The van der Waals surface area contributed by atoms with Crippen LogP contribution in [0, 0.1) is 5.82 Å². The second-order valence-electron chi connectivity index (χ2n) is 4.92. The summed E-state index contributed by atoms with van der Waals surface area (Å²) in [6, 6.07) is 9.66. The predicted octanol–water partition coefficient (Wildman–Crippen LogP) is 4.22. The molecule has 0 heterocycles. The summed E-state index contributed by atoms with van der Waals surface area (Å²) in [5.74, 6) is -0.654. The summed E-state index contributed by atoms with van der Waals surface area (Å²) in [4.78, 5) is 12.2. The molecule has 0 saturated heterocycles. The molecule has 0 saturated carbocycles. The van der Waals surface area contributed by atoms with Crippen molar-refractivity contribution in [3.63, 3.8) is 0 Å². The molecule has 0 radical (unpaired) electrons. The molecule has 2 nitrogen and oxygen atoms in total. The lowest BCUT2D eigenvalue weighted by Crippen LogP contribution is -2.12. The van der Waals surface area contributed by atoms with Gasteiger partial charge in [-0.05, 0) is 60.7 Å². The third-order valence-corrected chi connectivity index (χ3v) is 3.85. The van der Waals surface area contributed by atoms with Crippen LogP contribution in [0.3, 0.4) is 0 Å². The second kappa shape index (κ2) is 5.25. The second-order valence-corrected chi connectivity index (χ2v) is 5.32. The van der Waals surface area contributed by atoms with Gasteiger partial charge in [-0.2, -0.15) is 0 Å². The van der Waals surface area contributed by atoms with Crippen LogP contribution in [0.1, 0.15) is 27.9 Å². The van der Waals surface area contributed by atoms with E-state index >= 15 is 0 Å². The average Bonchev–Trinajstić information content (AvgIpc) is 2.89. The first-order chi connectivity index (χ1) is 9.63. The number of hydrogen-bond acceptors (Lipinski definition) is 1. The summed E-state index contributed by atoms with van der Waals surface area (Å²) >= 11 is 5.90. The number of anilines is 1. The van der Waals surface area contributed by atoms with Gasteiger partial charge in [-0.1, -0.05) is 17.7 Å². The van der Waals surface area contributed by atoms with Gasteiger partial charge in [-0.25, -0.2) is 4.39 Å². The Morgan fingerprint density at radius 1 is 1.10 bits per heavy atom. The molecule has 0 fully saturated rings. The third-order valence-electron chi connectivity index (χ3n) is 3.54. The smallest absolute Gasteiger partial charge is 0.255 e. The first-order valence-corrected chi connectivity index (χ1v) is 6.89. The number of hydrogen-bond donors (Lipinski definition) is 1. The summed E-state index contributed by atoms with van der Waals surface area (Å²) in [6.45, 7) is 0. The van der Waals surface area contributed by atoms with E-state index < -0.39 is 5.82 Å². The van der Waals surface area contributed by atoms with Gasteiger partial charge in [-0.3, -0.25) is 4.79 Å². The fourth-order valence-corrected chi connectivity index (χ4v) is 2.71. The number of carbonyl (C=O) groups is 1. The molecule has 1 amide bonds. The van der Waals surface area contributed by atoms with Gasteiger partial charge in [0.15, 0.2) is 0 Å². The lowest BCUT2D eigenvalue weighted by atomic mass is 10.1. The standard InChI is InChI=1S/C16H13ClFNO/c17-14-9-13(18)6-7-15(14)19-16(20)12-5-4-10-2-1-3-11(10)8-12/h4-9H,1-3H2,(H,19,20). The fraction of sp³-hybridized carbons (Fsp3) is 0.188. The van der Waals surface area contributed by atoms with Crippen molar-refractivity contribution in [3.05, 3.63) is 63.9 Å². The van der Waals surface area contributed by atoms with E-state index in [1.807, 2.05) is 18.2 Å². The molecule has 0 bridgehead atoms. The van der Waals surface area contributed by atoms with Crippen LogP contribution < -0.4 is 5.32 Å². The molecular formula is C16H13ClFNO. The molecule has 0 spiro atoms. The van der Waals surface area contributed by atoms with E-state index in [1.54, 1.807) is 0 Å². The van der Waals surface area contributed by atoms with Crippen LogP contribution in [0.25, 0.3) is 0 Å². The van der Waals surface area contributed by atoms with Crippen LogP contribution in [-0.4, -0.2) is 5.91 Å².